The highest BCUT2D eigenvalue weighted by atomic mass is 16.5. The van der Waals surface area contributed by atoms with E-state index in [0.717, 1.165) is 44.8 Å². The van der Waals surface area contributed by atoms with Crippen LogP contribution in [0.15, 0.2) is 30.3 Å². The molecule has 1 atom stereocenters. The van der Waals surface area contributed by atoms with Crippen molar-refractivity contribution in [3.05, 3.63) is 35.9 Å². The van der Waals surface area contributed by atoms with Gasteiger partial charge < -0.3 is 15.4 Å². The number of carbonyl (C=O) groups is 2. The zero-order valence-electron chi connectivity index (χ0n) is 15.0. The highest BCUT2D eigenvalue weighted by Gasteiger charge is 2.20. The number of ether oxygens (including phenoxy) is 1. The molecule has 2 rings (SSSR count). The molecule has 2 N–H and O–H groups in total. The minimum atomic E-state index is -0.467. The summed E-state index contributed by atoms with van der Waals surface area (Å²) in [4.78, 5) is 26.9. The van der Waals surface area contributed by atoms with Crippen molar-refractivity contribution in [2.75, 3.05) is 39.4 Å². The van der Waals surface area contributed by atoms with Gasteiger partial charge in [0.1, 0.15) is 6.04 Å². The monoisotopic (exact) mass is 347 g/mol. The Morgan fingerprint density at radius 3 is 2.60 bits per heavy atom. The molecule has 0 aromatic heterocycles. The molecule has 25 heavy (non-hydrogen) atoms. The summed E-state index contributed by atoms with van der Waals surface area (Å²) < 4.78 is 5.31. The van der Waals surface area contributed by atoms with Crippen molar-refractivity contribution in [2.24, 2.45) is 0 Å². The number of benzene rings is 1. The number of morpholine rings is 1. The van der Waals surface area contributed by atoms with Gasteiger partial charge in [0.25, 0.3) is 0 Å². The molecule has 6 heteroatoms. The van der Waals surface area contributed by atoms with Crippen molar-refractivity contribution >= 4 is 11.8 Å². The standard InChI is InChI=1S/C19H29N3O3/c1-2-6-17(21-18(23)15-16-7-4-3-5-8-16)19(24)20-9-10-22-11-13-25-14-12-22/h3-5,7-8,17H,2,6,9-15H2,1H3,(H,20,24)(H,21,23)/t17-/m0/s1. The summed E-state index contributed by atoms with van der Waals surface area (Å²) in [6.07, 6.45) is 1.78. The Morgan fingerprint density at radius 1 is 1.20 bits per heavy atom. The van der Waals surface area contributed by atoms with Crippen molar-refractivity contribution in [1.29, 1.82) is 0 Å². The molecule has 0 radical (unpaired) electrons. The van der Waals surface area contributed by atoms with E-state index in [1.54, 1.807) is 0 Å². The van der Waals surface area contributed by atoms with Crippen LogP contribution in [-0.2, 0) is 20.7 Å². The summed E-state index contributed by atoms with van der Waals surface area (Å²) in [5, 5.41) is 5.82. The normalized spacial score (nSPS) is 16.2. The quantitative estimate of drug-likeness (QED) is 0.698. The highest BCUT2D eigenvalue weighted by molar-refractivity contribution is 5.88. The van der Waals surface area contributed by atoms with Gasteiger partial charge in [-0.25, -0.2) is 0 Å². The Balaban J connectivity index is 1.75. The van der Waals surface area contributed by atoms with E-state index >= 15 is 0 Å². The van der Waals surface area contributed by atoms with Crippen LogP contribution in [0.4, 0.5) is 0 Å². The summed E-state index contributed by atoms with van der Waals surface area (Å²) in [6, 6.07) is 9.09. The van der Waals surface area contributed by atoms with Gasteiger partial charge in [0.15, 0.2) is 0 Å². The molecule has 0 saturated carbocycles. The van der Waals surface area contributed by atoms with Crippen LogP contribution in [0.1, 0.15) is 25.3 Å². The molecule has 1 fully saturated rings. The predicted molar refractivity (Wildman–Crippen MR) is 97.3 cm³/mol. The maximum Gasteiger partial charge on any atom is 0.242 e. The van der Waals surface area contributed by atoms with Crippen LogP contribution in [0.2, 0.25) is 0 Å². The number of hydrogen-bond donors (Lipinski definition) is 2. The smallest absolute Gasteiger partial charge is 0.242 e. The van der Waals surface area contributed by atoms with Gasteiger partial charge in [0.2, 0.25) is 11.8 Å². The van der Waals surface area contributed by atoms with E-state index in [0.29, 0.717) is 19.4 Å². The van der Waals surface area contributed by atoms with Gasteiger partial charge in [0.05, 0.1) is 19.6 Å². The lowest BCUT2D eigenvalue weighted by atomic mass is 10.1. The number of rotatable bonds is 9. The van der Waals surface area contributed by atoms with Crippen molar-refractivity contribution in [3.8, 4) is 0 Å². The van der Waals surface area contributed by atoms with Gasteiger partial charge in [-0.2, -0.15) is 0 Å². The largest absolute Gasteiger partial charge is 0.379 e. The first kappa shape index (κ1) is 19.4. The molecule has 1 aliphatic rings. The van der Waals surface area contributed by atoms with E-state index in [9.17, 15) is 9.59 Å². The van der Waals surface area contributed by atoms with Crippen molar-refractivity contribution < 1.29 is 14.3 Å². The topological polar surface area (TPSA) is 70.7 Å². The van der Waals surface area contributed by atoms with E-state index in [1.807, 2.05) is 37.3 Å². The fourth-order valence-electron chi connectivity index (χ4n) is 2.87. The molecule has 1 heterocycles. The van der Waals surface area contributed by atoms with Gasteiger partial charge in [0, 0.05) is 26.2 Å². The molecule has 0 aliphatic carbocycles. The minimum Gasteiger partial charge on any atom is -0.379 e. The molecule has 1 aromatic rings. The van der Waals surface area contributed by atoms with Gasteiger partial charge in [-0.05, 0) is 12.0 Å². The average Bonchev–Trinajstić information content (AvgIpc) is 2.63. The molecule has 1 aromatic carbocycles. The number of hydrogen-bond acceptors (Lipinski definition) is 4. The highest BCUT2D eigenvalue weighted by Crippen LogP contribution is 2.02. The number of carbonyl (C=O) groups excluding carboxylic acids is 2. The fourth-order valence-corrected chi connectivity index (χ4v) is 2.87. The van der Waals surface area contributed by atoms with E-state index in [4.69, 9.17) is 4.74 Å². The second-order valence-electron chi connectivity index (χ2n) is 6.32. The average molecular weight is 347 g/mol. The Bertz CT molecular complexity index is 530. The molecule has 0 unspecified atom stereocenters. The molecule has 6 nitrogen and oxygen atoms in total. The molecule has 138 valence electrons. The van der Waals surface area contributed by atoms with Crippen molar-refractivity contribution in [2.45, 2.75) is 32.2 Å². The maximum absolute atomic E-state index is 12.4. The molecular weight excluding hydrogens is 318 g/mol. The summed E-state index contributed by atoms with van der Waals surface area (Å²) in [5.41, 5.74) is 0.947. The third-order valence-electron chi connectivity index (χ3n) is 4.27. The van der Waals surface area contributed by atoms with Gasteiger partial charge in [-0.3, -0.25) is 14.5 Å². The second-order valence-corrected chi connectivity index (χ2v) is 6.32. The first-order chi connectivity index (χ1) is 12.2. The first-order valence-electron chi connectivity index (χ1n) is 9.10. The molecule has 2 amide bonds. The molecule has 0 bridgehead atoms. The molecule has 1 saturated heterocycles. The summed E-state index contributed by atoms with van der Waals surface area (Å²) in [7, 11) is 0. The first-order valence-corrected chi connectivity index (χ1v) is 9.10. The van der Waals surface area contributed by atoms with Crippen molar-refractivity contribution in [1.82, 2.24) is 15.5 Å². The van der Waals surface area contributed by atoms with Crippen molar-refractivity contribution in [3.63, 3.8) is 0 Å². The summed E-state index contributed by atoms with van der Waals surface area (Å²) in [6.45, 7) is 6.73. The molecule has 1 aliphatic heterocycles. The third kappa shape index (κ3) is 7.23. The lowest BCUT2D eigenvalue weighted by molar-refractivity contribution is -0.128. The minimum absolute atomic E-state index is 0.100. The lowest BCUT2D eigenvalue weighted by Crippen LogP contribution is -2.49. The van der Waals surface area contributed by atoms with Crippen LogP contribution in [0, 0.1) is 0 Å². The Labute approximate surface area is 149 Å². The third-order valence-corrected chi connectivity index (χ3v) is 4.27. The zero-order valence-corrected chi connectivity index (χ0v) is 15.0. The van der Waals surface area contributed by atoms with Gasteiger partial charge in [-0.1, -0.05) is 43.7 Å². The van der Waals surface area contributed by atoms with Gasteiger partial charge in [-0.15, -0.1) is 0 Å². The van der Waals surface area contributed by atoms with E-state index in [2.05, 4.69) is 15.5 Å². The van der Waals surface area contributed by atoms with E-state index in [1.165, 1.54) is 0 Å². The van der Waals surface area contributed by atoms with E-state index in [-0.39, 0.29) is 11.8 Å². The Kier molecular flexibility index (Phi) is 8.42. The maximum atomic E-state index is 12.4. The van der Waals surface area contributed by atoms with E-state index < -0.39 is 6.04 Å². The van der Waals surface area contributed by atoms with Crippen LogP contribution in [0.25, 0.3) is 0 Å². The number of nitrogens with one attached hydrogen (secondary N) is 2. The Morgan fingerprint density at radius 2 is 1.92 bits per heavy atom. The molecular formula is C19H29N3O3. The second kappa shape index (κ2) is 10.8. The SMILES string of the molecule is CCC[C@H](NC(=O)Cc1ccccc1)C(=O)NCCN1CCOCC1. The van der Waals surface area contributed by atoms with Gasteiger partial charge >= 0.3 is 0 Å². The van der Waals surface area contributed by atoms with Crippen LogP contribution in [0.5, 0.6) is 0 Å². The van der Waals surface area contributed by atoms with Crippen LogP contribution < -0.4 is 10.6 Å². The Hall–Kier alpha value is -1.92. The lowest BCUT2D eigenvalue weighted by Gasteiger charge is -2.27. The molecule has 0 spiro atoms. The summed E-state index contributed by atoms with van der Waals surface area (Å²) >= 11 is 0. The van der Waals surface area contributed by atoms with Crippen LogP contribution >= 0.6 is 0 Å². The predicted octanol–water partition coefficient (Wildman–Crippen LogP) is 0.962. The number of nitrogens with zero attached hydrogens (tertiary/aromatic N) is 1. The zero-order chi connectivity index (χ0) is 17.9. The summed E-state index contributed by atoms with van der Waals surface area (Å²) in [5.74, 6) is -0.218. The van der Waals surface area contributed by atoms with Crippen LogP contribution in [-0.4, -0.2) is 62.1 Å². The number of amides is 2. The van der Waals surface area contributed by atoms with Crippen LogP contribution in [0.3, 0.4) is 0 Å². The fraction of sp³-hybridized carbons (Fsp3) is 0.579.